The predicted octanol–water partition coefficient (Wildman–Crippen LogP) is 0.930. The molecule has 1 aromatic carbocycles. The second-order valence-electron chi connectivity index (χ2n) is 3.85. The Hall–Kier alpha value is -1.30. The fourth-order valence-corrected chi connectivity index (χ4v) is 1.44. The van der Waals surface area contributed by atoms with Gasteiger partial charge in [-0.15, -0.1) is 0 Å². The van der Waals surface area contributed by atoms with Crippen molar-refractivity contribution in [2.75, 3.05) is 26.9 Å². The number of methoxy groups -OCH3 is 1. The van der Waals surface area contributed by atoms with Crippen molar-refractivity contribution in [1.29, 1.82) is 0 Å². The lowest BCUT2D eigenvalue weighted by molar-refractivity contribution is 0.0164. The molecule has 0 spiro atoms. The number of nitrogens with two attached hydrogens (primary N) is 1. The maximum Gasteiger partial charge on any atom is 0.123 e. The first-order chi connectivity index (χ1) is 8.69. The van der Waals surface area contributed by atoms with Crippen LogP contribution in [0, 0.1) is 0 Å². The fraction of sp³-hybridized carbons (Fsp3) is 0.538. The van der Waals surface area contributed by atoms with Gasteiger partial charge in [0.25, 0.3) is 0 Å². The highest BCUT2D eigenvalue weighted by Gasteiger charge is 2.07. The number of ether oxygens (including phenoxy) is 3. The van der Waals surface area contributed by atoms with E-state index in [1.54, 1.807) is 13.2 Å². The molecule has 1 atom stereocenters. The van der Waals surface area contributed by atoms with E-state index in [0.29, 0.717) is 24.7 Å². The third-order valence-corrected chi connectivity index (χ3v) is 2.37. The average Bonchev–Trinajstić information content (AvgIpc) is 2.42. The summed E-state index contributed by atoms with van der Waals surface area (Å²) in [6, 6.07) is 5.44. The summed E-state index contributed by atoms with van der Waals surface area (Å²) in [6.07, 6.45) is -0.641. The van der Waals surface area contributed by atoms with Crippen LogP contribution in [0.25, 0.3) is 0 Å². The van der Waals surface area contributed by atoms with Crippen LogP contribution in [0.4, 0.5) is 0 Å². The summed E-state index contributed by atoms with van der Waals surface area (Å²) in [6.45, 7) is 3.31. The summed E-state index contributed by atoms with van der Waals surface area (Å²) in [5.74, 6) is 1.32. The van der Waals surface area contributed by atoms with Gasteiger partial charge in [0, 0.05) is 19.2 Å². The Labute approximate surface area is 107 Å². The topological polar surface area (TPSA) is 73.9 Å². The molecule has 1 aromatic rings. The Bertz CT molecular complexity index is 335. The highest BCUT2D eigenvalue weighted by molar-refractivity contribution is 5.38. The molecule has 102 valence electrons. The summed E-state index contributed by atoms with van der Waals surface area (Å²) < 4.78 is 15.7. The molecule has 1 rings (SSSR count). The van der Waals surface area contributed by atoms with Crippen LogP contribution in [-0.2, 0) is 11.3 Å². The molecule has 5 nitrogen and oxygen atoms in total. The van der Waals surface area contributed by atoms with Gasteiger partial charge in [0.05, 0.1) is 13.7 Å². The van der Waals surface area contributed by atoms with Gasteiger partial charge in [-0.2, -0.15) is 0 Å². The second-order valence-corrected chi connectivity index (χ2v) is 3.85. The lowest BCUT2D eigenvalue weighted by atomic mass is 10.2. The molecule has 0 fully saturated rings. The zero-order valence-electron chi connectivity index (χ0n) is 10.9. The summed E-state index contributed by atoms with van der Waals surface area (Å²) >= 11 is 0. The maximum atomic E-state index is 9.59. The van der Waals surface area contributed by atoms with Crippen LogP contribution in [0.3, 0.4) is 0 Å². The van der Waals surface area contributed by atoms with Gasteiger partial charge in [0.15, 0.2) is 0 Å². The van der Waals surface area contributed by atoms with Crippen molar-refractivity contribution in [3.05, 3.63) is 23.8 Å². The van der Waals surface area contributed by atoms with Crippen molar-refractivity contribution in [2.45, 2.75) is 19.6 Å². The van der Waals surface area contributed by atoms with Gasteiger partial charge in [-0.3, -0.25) is 0 Å². The van der Waals surface area contributed by atoms with E-state index in [4.69, 9.17) is 19.9 Å². The standard InChI is InChI=1S/C13H21NO4/c1-3-17-8-11(15)9-18-13-5-10(7-14)4-12(6-13)16-2/h4-6,11,15H,3,7-9,14H2,1-2H3. The zero-order chi connectivity index (χ0) is 13.4. The van der Waals surface area contributed by atoms with E-state index < -0.39 is 6.10 Å². The zero-order valence-corrected chi connectivity index (χ0v) is 10.9. The monoisotopic (exact) mass is 255 g/mol. The molecule has 18 heavy (non-hydrogen) atoms. The normalized spacial score (nSPS) is 12.2. The van der Waals surface area contributed by atoms with E-state index in [1.807, 2.05) is 19.1 Å². The number of hydrogen-bond acceptors (Lipinski definition) is 5. The van der Waals surface area contributed by atoms with Crippen LogP contribution in [0.5, 0.6) is 11.5 Å². The first kappa shape index (κ1) is 14.8. The van der Waals surface area contributed by atoms with Crippen molar-refractivity contribution < 1.29 is 19.3 Å². The molecule has 1 unspecified atom stereocenters. The van der Waals surface area contributed by atoms with Gasteiger partial charge >= 0.3 is 0 Å². The molecule has 0 aliphatic carbocycles. The van der Waals surface area contributed by atoms with Crippen LogP contribution in [-0.4, -0.2) is 38.1 Å². The third kappa shape index (κ3) is 4.91. The van der Waals surface area contributed by atoms with E-state index in [0.717, 1.165) is 5.56 Å². The minimum absolute atomic E-state index is 0.178. The number of hydrogen-bond donors (Lipinski definition) is 2. The van der Waals surface area contributed by atoms with Gasteiger partial charge in [0.2, 0.25) is 0 Å². The third-order valence-electron chi connectivity index (χ3n) is 2.37. The number of benzene rings is 1. The molecule has 0 aliphatic rings. The highest BCUT2D eigenvalue weighted by Crippen LogP contribution is 2.22. The van der Waals surface area contributed by atoms with Crippen LogP contribution in [0.1, 0.15) is 12.5 Å². The molecule has 0 radical (unpaired) electrons. The molecule has 0 aromatic heterocycles. The molecule has 0 saturated carbocycles. The van der Waals surface area contributed by atoms with E-state index in [9.17, 15) is 5.11 Å². The lowest BCUT2D eigenvalue weighted by Crippen LogP contribution is -2.23. The van der Waals surface area contributed by atoms with E-state index >= 15 is 0 Å². The largest absolute Gasteiger partial charge is 0.497 e. The van der Waals surface area contributed by atoms with Gasteiger partial charge in [0.1, 0.15) is 24.2 Å². The predicted molar refractivity (Wildman–Crippen MR) is 68.9 cm³/mol. The molecule has 0 saturated heterocycles. The Morgan fingerprint density at radius 3 is 2.56 bits per heavy atom. The minimum Gasteiger partial charge on any atom is -0.497 e. The van der Waals surface area contributed by atoms with Crippen molar-refractivity contribution in [3.63, 3.8) is 0 Å². The lowest BCUT2D eigenvalue weighted by Gasteiger charge is -2.13. The van der Waals surface area contributed by atoms with Crippen molar-refractivity contribution >= 4 is 0 Å². The SMILES string of the molecule is CCOCC(O)COc1cc(CN)cc(OC)c1. The molecule has 0 bridgehead atoms. The molecule has 5 heteroatoms. The first-order valence-electron chi connectivity index (χ1n) is 5.96. The Morgan fingerprint density at radius 1 is 1.22 bits per heavy atom. The van der Waals surface area contributed by atoms with E-state index in [2.05, 4.69) is 0 Å². The molecular weight excluding hydrogens is 234 g/mol. The molecular formula is C13H21NO4. The van der Waals surface area contributed by atoms with Crippen molar-refractivity contribution in [2.24, 2.45) is 5.73 Å². The van der Waals surface area contributed by atoms with Gasteiger partial charge in [-0.05, 0) is 24.6 Å². The van der Waals surface area contributed by atoms with Crippen LogP contribution < -0.4 is 15.2 Å². The fourth-order valence-electron chi connectivity index (χ4n) is 1.44. The molecule has 3 N–H and O–H groups in total. The summed E-state index contributed by atoms with van der Waals surface area (Å²) in [7, 11) is 1.59. The first-order valence-corrected chi connectivity index (χ1v) is 5.96. The summed E-state index contributed by atoms with van der Waals surface area (Å²) in [5, 5.41) is 9.59. The second kappa shape index (κ2) is 7.92. The number of rotatable bonds is 8. The van der Waals surface area contributed by atoms with Crippen molar-refractivity contribution in [3.8, 4) is 11.5 Å². The smallest absolute Gasteiger partial charge is 0.123 e. The Morgan fingerprint density at radius 2 is 1.94 bits per heavy atom. The quantitative estimate of drug-likeness (QED) is 0.723. The van der Waals surface area contributed by atoms with Crippen LogP contribution >= 0.6 is 0 Å². The average molecular weight is 255 g/mol. The van der Waals surface area contributed by atoms with Gasteiger partial charge < -0.3 is 25.1 Å². The highest BCUT2D eigenvalue weighted by atomic mass is 16.5. The van der Waals surface area contributed by atoms with Gasteiger partial charge in [-0.25, -0.2) is 0 Å². The van der Waals surface area contributed by atoms with E-state index in [1.165, 1.54) is 0 Å². The maximum absolute atomic E-state index is 9.59. The Kier molecular flexibility index (Phi) is 6.49. The van der Waals surface area contributed by atoms with Gasteiger partial charge in [-0.1, -0.05) is 0 Å². The Balaban J connectivity index is 2.55. The molecule has 0 heterocycles. The number of aliphatic hydroxyl groups excluding tert-OH is 1. The minimum atomic E-state index is -0.641. The van der Waals surface area contributed by atoms with Crippen molar-refractivity contribution in [1.82, 2.24) is 0 Å². The number of aliphatic hydroxyl groups is 1. The van der Waals surface area contributed by atoms with E-state index in [-0.39, 0.29) is 13.2 Å². The summed E-state index contributed by atoms with van der Waals surface area (Å²) in [4.78, 5) is 0. The van der Waals surface area contributed by atoms with Crippen LogP contribution in [0.2, 0.25) is 0 Å². The molecule has 0 amide bonds. The molecule has 0 aliphatic heterocycles. The summed E-state index contributed by atoms with van der Waals surface area (Å²) in [5.41, 5.74) is 6.50. The van der Waals surface area contributed by atoms with Crippen LogP contribution in [0.15, 0.2) is 18.2 Å².